The van der Waals surface area contributed by atoms with Gasteiger partial charge in [-0.2, -0.15) is 10.2 Å². The molecule has 0 saturated heterocycles. The number of rotatable bonds is 8. The maximum atomic E-state index is 13.4. The van der Waals surface area contributed by atoms with Crippen LogP contribution in [0.25, 0.3) is 17.2 Å². The molecule has 1 aliphatic carbocycles. The monoisotopic (exact) mass is 490 g/mol. The standard InChI is InChI=1S/C25H27FN8O2/c1-5-36-25(35)22-15(3)31-34(16(22)4)21-10-20(28-13-29-21)30-24-14(2)23(19-9-8-18(26)11-27-19)32-33(24)12-17-6-7-17/h8-11,13,17H,5-7,12H2,1-4H3,(H,28,29,30). The van der Waals surface area contributed by atoms with Crippen molar-refractivity contribution in [2.24, 2.45) is 5.92 Å². The van der Waals surface area contributed by atoms with E-state index in [1.165, 1.54) is 31.4 Å². The van der Waals surface area contributed by atoms with Crippen LogP contribution in [0.15, 0.2) is 30.7 Å². The number of pyridine rings is 1. The molecule has 0 bridgehead atoms. The molecule has 0 unspecified atom stereocenters. The van der Waals surface area contributed by atoms with Crippen molar-refractivity contribution in [2.45, 2.75) is 47.1 Å². The number of ether oxygens (including phenoxy) is 1. The fraction of sp³-hybridized carbons (Fsp3) is 0.360. The van der Waals surface area contributed by atoms with Gasteiger partial charge in [0.15, 0.2) is 5.82 Å². The zero-order chi connectivity index (χ0) is 25.4. The molecule has 1 fully saturated rings. The van der Waals surface area contributed by atoms with E-state index in [2.05, 4.69) is 25.4 Å². The number of anilines is 2. The third-order valence-corrected chi connectivity index (χ3v) is 6.17. The summed E-state index contributed by atoms with van der Waals surface area (Å²) in [6.07, 6.45) is 4.97. The second-order valence-electron chi connectivity index (χ2n) is 8.87. The second-order valence-corrected chi connectivity index (χ2v) is 8.87. The molecule has 0 aromatic carbocycles. The lowest BCUT2D eigenvalue weighted by Crippen LogP contribution is -2.10. The molecule has 0 amide bonds. The Morgan fingerprint density at radius 2 is 1.97 bits per heavy atom. The fourth-order valence-corrected chi connectivity index (χ4v) is 4.16. The van der Waals surface area contributed by atoms with Gasteiger partial charge in [-0.25, -0.2) is 28.5 Å². The smallest absolute Gasteiger partial charge is 0.341 e. The minimum atomic E-state index is -0.410. The molecule has 0 radical (unpaired) electrons. The molecular weight excluding hydrogens is 463 g/mol. The Labute approximate surface area is 207 Å². The molecule has 0 aliphatic heterocycles. The van der Waals surface area contributed by atoms with Gasteiger partial charge in [-0.15, -0.1) is 0 Å². The number of nitrogens with zero attached hydrogens (tertiary/aromatic N) is 7. The lowest BCUT2D eigenvalue weighted by molar-refractivity contribution is 0.0524. The van der Waals surface area contributed by atoms with Crippen molar-refractivity contribution in [3.8, 4) is 17.2 Å². The number of hydrogen-bond acceptors (Lipinski definition) is 8. The number of aromatic nitrogens is 7. The van der Waals surface area contributed by atoms with Gasteiger partial charge in [-0.05, 0) is 58.6 Å². The van der Waals surface area contributed by atoms with Crippen molar-refractivity contribution in [3.05, 3.63) is 59.1 Å². The van der Waals surface area contributed by atoms with Crippen LogP contribution in [0.3, 0.4) is 0 Å². The van der Waals surface area contributed by atoms with Gasteiger partial charge in [0.2, 0.25) is 0 Å². The van der Waals surface area contributed by atoms with Gasteiger partial charge in [0.1, 0.15) is 35.0 Å². The fourth-order valence-electron chi connectivity index (χ4n) is 4.16. The Balaban J connectivity index is 1.49. The first-order valence-electron chi connectivity index (χ1n) is 11.9. The summed E-state index contributed by atoms with van der Waals surface area (Å²) in [5.41, 5.74) is 3.79. The number of halogens is 1. The molecule has 0 atom stereocenters. The molecule has 4 aromatic rings. The van der Waals surface area contributed by atoms with Gasteiger partial charge in [-0.1, -0.05) is 0 Å². The Bertz CT molecular complexity index is 1420. The topological polar surface area (TPSA) is 113 Å². The summed E-state index contributed by atoms with van der Waals surface area (Å²) in [5, 5.41) is 12.7. The second kappa shape index (κ2) is 9.48. The van der Waals surface area contributed by atoms with Crippen molar-refractivity contribution in [1.29, 1.82) is 0 Å². The van der Waals surface area contributed by atoms with Crippen LogP contribution in [0, 0.1) is 32.5 Å². The molecule has 1 aliphatic rings. The van der Waals surface area contributed by atoms with E-state index < -0.39 is 11.8 Å². The van der Waals surface area contributed by atoms with Crippen molar-refractivity contribution < 1.29 is 13.9 Å². The predicted octanol–water partition coefficient (Wildman–Crippen LogP) is 4.32. The van der Waals surface area contributed by atoms with Crippen molar-refractivity contribution in [2.75, 3.05) is 11.9 Å². The van der Waals surface area contributed by atoms with Crippen LogP contribution in [0.4, 0.5) is 16.0 Å². The van der Waals surface area contributed by atoms with Crippen molar-refractivity contribution in [3.63, 3.8) is 0 Å². The highest BCUT2D eigenvalue weighted by atomic mass is 19.1. The molecular formula is C25H27FN8O2. The Hall–Kier alpha value is -4.15. The quantitative estimate of drug-likeness (QED) is 0.364. The number of esters is 1. The van der Waals surface area contributed by atoms with E-state index in [0.717, 1.165) is 17.9 Å². The minimum Gasteiger partial charge on any atom is -0.462 e. The first kappa shape index (κ1) is 23.6. The van der Waals surface area contributed by atoms with Crippen LogP contribution in [0.5, 0.6) is 0 Å². The zero-order valence-electron chi connectivity index (χ0n) is 20.6. The van der Waals surface area contributed by atoms with E-state index in [1.54, 1.807) is 37.6 Å². The van der Waals surface area contributed by atoms with Crippen LogP contribution in [0.2, 0.25) is 0 Å². The molecule has 36 heavy (non-hydrogen) atoms. The van der Waals surface area contributed by atoms with E-state index in [1.807, 2.05) is 11.6 Å². The third kappa shape index (κ3) is 4.56. The Morgan fingerprint density at radius 1 is 1.17 bits per heavy atom. The van der Waals surface area contributed by atoms with Crippen LogP contribution in [-0.4, -0.2) is 47.1 Å². The van der Waals surface area contributed by atoms with Gasteiger partial charge in [0, 0.05) is 18.2 Å². The summed E-state index contributed by atoms with van der Waals surface area (Å²) in [6, 6.07) is 4.77. The van der Waals surface area contributed by atoms with Crippen LogP contribution in [-0.2, 0) is 11.3 Å². The SMILES string of the molecule is CCOC(=O)c1c(C)nn(-c2cc(Nc3c(C)c(-c4ccc(F)cn4)nn3CC3CC3)ncn2)c1C. The Morgan fingerprint density at radius 3 is 2.67 bits per heavy atom. The molecule has 1 saturated carbocycles. The average molecular weight is 491 g/mol. The minimum absolute atomic E-state index is 0.286. The number of nitrogens with one attached hydrogen (secondary N) is 1. The van der Waals surface area contributed by atoms with Gasteiger partial charge in [-0.3, -0.25) is 4.98 Å². The highest BCUT2D eigenvalue weighted by Crippen LogP contribution is 2.35. The lowest BCUT2D eigenvalue weighted by atomic mass is 10.2. The molecule has 186 valence electrons. The lowest BCUT2D eigenvalue weighted by Gasteiger charge is -2.11. The summed E-state index contributed by atoms with van der Waals surface area (Å²) in [5.74, 6) is 1.62. The Kier molecular flexibility index (Phi) is 6.21. The third-order valence-electron chi connectivity index (χ3n) is 6.17. The van der Waals surface area contributed by atoms with E-state index in [0.29, 0.717) is 45.9 Å². The molecule has 11 heteroatoms. The van der Waals surface area contributed by atoms with E-state index >= 15 is 0 Å². The van der Waals surface area contributed by atoms with E-state index in [4.69, 9.17) is 9.84 Å². The van der Waals surface area contributed by atoms with Crippen LogP contribution < -0.4 is 5.32 Å². The van der Waals surface area contributed by atoms with Gasteiger partial charge < -0.3 is 10.1 Å². The highest BCUT2D eigenvalue weighted by Gasteiger charge is 2.26. The molecule has 1 N–H and O–H groups in total. The summed E-state index contributed by atoms with van der Waals surface area (Å²) in [7, 11) is 0. The molecule has 10 nitrogen and oxygen atoms in total. The maximum Gasteiger partial charge on any atom is 0.341 e. The molecule has 5 rings (SSSR count). The zero-order valence-corrected chi connectivity index (χ0v) is 20.6. The van der Waals surface area contributed by atoms with E-state index in [9.17, 15) is 9.18 Å². The molecule has 4 heterocycles. The van der Waals surface area contributed by atoms with Crippen molar-refractivity contribution in [1.82, 2.24) is 34.5 Å². The predicted molar refractivity (Wildman–Crippen MR) is 131 cm³/mol. The summed E-state index contributed by atoms with van der Waals surface area (Å²) in [4.78, 5) is 25.4. The van der Waals surface area contributed by atoms with E-state index in [-0.39, 0.29) is 6.61 Å². The van der Waals surface area contributed by atoms with Gasteiger partial charge in [0.05, 0.1) is 29.9 Å². The van der Waals surface area contributed by atoms with Crippen LogP contribution >= 0.6 is 0 Å². The number of carbonyl (C=O) groups excluding carboxylic acids is 1. The van der Waals surface area contributed by atoms with Gasteiger partial charge >= 0.3 is 5.97 Å². The number of aryl methyl sites for hydroxylation is 1. The van der Waals surface area contributed by atoms with Crippen molar-refractivity contribution >= 4 is 17.6 Å². The number of hydrogen-bond donors (Lipinski definition) is 1. The molecule has 0 spiro atoms. The molecule has 4 aromatic heterocycles. The largest absolute Gasteiger partial charge is 0.462 e. The normalized spacial score (nSPS) is 13.1. The summed E-state index contributed by atoms with van der Waals surface area (Å²) >= 11 is 0. The number of carbonyl (C=O) groups is 1. The summed E-state index contributed by atoms with van der Waals surface area (Å²) < 4.78 is 22.1. The summed E-state index contributed by atoms with van der Waals surface area (Å²) in [6.45, 7) is 8.34. The van der Waals surface area contributed by atoms with Crippen LogP contribution in [0.1, 0.15) is 47.1 Å². The van der Waals surface area contributed by atoms with Gasteiger partial charge in [0.25, 0.3) is 0 Å². The maximum absolute atomic E-state index is 13.4. The highest BCUT2D eigenvalue weighted by molar-refractivity contribution is 5.92. The first-order valence-corrected chi connectivity index (χ1v) is 11.9. The average Bonchev–Trinajstić information content (AvgIpc) is 3.56. The first-order chi connectivity index (χ1) is 17.4.